The van der Waals surface area contributed by atoms with Crippen LogP contribution in [0.2, 0.25) is 0 Å². The van der Waals surface area contributed by atoms with E-state index in [1.807, 2.05) is 0 Å². The molecule has 13 atom stereocenters. The van der Waals surface area contributed by atoms with Gasteiger partial charge in [0.05, 0.1) is 19.8 Å². The summed E-state index contributed by atoms with van der Waals surface area (Å²) < 4.78 is 41.9. The Morgan fingerprint density at radius 1 is 1.14 bits per heavy atom. The number of carbonyl (C=O) groups excluding carboxylic acids is 1. The number of nitrogens with one attached hydrogen (secondary N) is 2. The van der Waals surface area contributed by atoms with E-state index in [2.05, 4.69) is 62.8 Å². The van der Waals surface area contributed by atoms with E-state index in [1.54, 1.807) is 0 Å². The Kier molecular flexibility index (Phi) is 12.2. The second-order valence-corrected chi connectivity index (χ2v) is 20.9. The zero-order valence-electron chi connectivity index (χ0n) is 34.8. The zero-order valence-corrected chi connectivity index (χ0v) is 35.7. The van der Waals surface area contributed by atoms with E-state index in [9.17, 15) is 23.8 Å². The van der Waals surface area contributed by atoms with Gasteiger partial charge in [0.1, 0.15) is 29.5 Å². The van der Waals surface area contributed by atoms with Crippen LogP contribution in [0.4, 0.5) is 4.79 Å². The summed E-state index contributed by atoms with van der Waals surface area (Å²) >= 11 is 0. The van der Waals surface area contributed by atoms with Crippen LogP contribution in [-0.4, -0.2) is 78.0 Å². The maximum atomic E-state index is 12.9. The number of alkyl carbamates (subject to hydrolysis) is 1. The van der Waals surface area contributed by atoms with E-state index in [-0.39, 0.29) is 36.8 Å². The summed E-state index contributed by atoms with van der Waals surface area (Å²) in [4.78, 5) is 50.7. The minimum Gasteiger partial charge on any atom is -0.446 e. The van der Waals surface area contributed by atoms with Gasteiger partial charge in [0.15, 0.2) is 6.23 Å². The molecule has 316 valence electrons. The van der Waals surface area contributed by atoms with Gasteiger partial charge >= 0.3 is 19.4 Å². The van der Waals surface area contributed by atoms with Crippen molar-refractivity contribution in [3.63, 3.8) is 0 Å². The van der Waals surface area contributed by atoms with Gasteiger partial charge in [0.2, 0.25) is 0 Å². The van der Waals surface area contributed by atoms with Gasteiger partial charge in [0.25, 0.3) is 5.56 Å². The summed E-state index contributed by atoms with van der Waals surface area (Å²) in [7, 11) is -2.52. The van der Waals surface area contributed by atoms with Gasteiger partial charge in [-0.05, 0) is 91.3 Å². The van der Waals surface area contributed by atoms with Crippen LogP contribution < -0.4 is 16.6 Å². The summed E-state index contributed by atoms with van der Waals surface area (Å²) in [6.45, 7) is 13.3. The number of aromatic nitrogens is 2. The fourth-order valence-electron chi connectivity index (χ4n) is 12.3. The fourth-order valence-corrected chi connectivity index (χ4v) is 13.0. The predicted octanol–water partition coefficient (Wildman–Crippen LogP) is 6.54. The monoisotopic (exact) mass is 813 g/mol. The van der Waals surface area contributed by atoms with Gasteiger partial charge in [-0.15, -0.1) is 0 Å². The molecular weight excluding hydrogens is 749 g/mol. The smallest absolute Gasteiger partial charge is 0.408 e. The van der Waals surface area contributed by atoms with E-state index in [1.165, 1.54) is 63.8 Å². The molecule has 2 aliphatic heterocycles. The highest BCUT2D eigenvalue weighted by Crippen LogP contribution is 2.67. The first-order chi connectivity index (χ1) is 27.0. The lowest BCUT2D eigenvalue weighted by molar-refractivity contribution is -0.190. The van der Waals surface area contributed by atoms with Crippen molar-refractivity contribution in [2.45, 2.75) is 135 Å². The molecule has 13 nitrogen and oxygen atoms in total. The third kappa shape index (κ3) is 8.25. The first-order valence-electron chi connectivity index (χ1n) is 21.2. The van der Waals surface area contributed by atoms with Crippen LogP contribution in [0.3, 0.4) is 0 Å². The van der Waals surface area contributed by atoms with Crippen LogP contribution in [0.1, 0.15) is 117 Å². The van der Waals surface area contributed by atoms with Crippen molar-refractivity contribution in [2.24, 2.45) is 46.3 Å². The zero-order chi connectivity index (χ0) is 40.9. The van der Waals surface area contributed by atoms with E-state index < -0.39 is 49.0 Å². The lowest BCUT2D eigenvalue weighted by atomic mass is 9.47. The van der Waals surface area contributed by atoms with Crippen molar-refractivity contribution >= 4 is 13.7 Å². The highest BCUT2D eigenvalue weighted by Gasteiger charge is 2.65. The van der Waals surface area contributed by atoms with Crippen LogP contribution in [0.25, 0.3) is 0 Å². The van der Waals surface area contributed by atoms with Gasteiger partial charge in [-0.2, -0.15) is 0 Å². The molecule has 7 rings (SSSR count). The minimum absolute atomic E-state index is 0.0192. The van der Waals surface area contributed by atoms with Crippen molar-refractivity contribution in [1.82, 2.24) is 14.9 Å². The SMILES string of the molecule is COC[C@@]12CO[C@H](C1OP(C)(=O)O)[C@H](n1cc(C#CCNC(=O)O[C@H]3CC[C@@]4(C)C(=CC[C@H]5[C@@H]6CC[C@H](C(C)CCCC(C)C)[C@@]6(C)CC[C@@H]54)C3)c(=O)[nH]c1=O)O2. The Bertz CT molecular complexity index is 1930. The molecule has 2 saturated heterocycles. The largest absolute Gasteiger partial charge is 0.446 e. The number of amides is 1. The van der Waals surface area contributed by atoms with Gasteiger partial charge < -0.3 is 29.2 Å². The maximum absolute atomic E-state index is 12.9. The average Bonchev–Trinajstić information content (AvgIpc) is 3.76. The minimum atomic E-state index is -3.96. The van der Waals surface area contributed by atoms with Crippen LogP contribution in [-0.2, 0) is 28.0 Å². The third-order valence-electron chi connectivity index (χ3n) is 15.0. The summed E-state index contributed by atoms with van der Waals surface area (Å²) in [5.74, 6) is 10.2. The summed E-state index contributed by atoms with van der Waals surface area (Å²) in [5.41, 5.74) is -0.705. The van der Waals surface area contributed by atoms with E-state index in [0.717, 1.165) is 66.5 Å². The number of allylic oxidation sites excluding steroid dienone is 1. The maximum Gasteiger partial charge on any atom is 0.408 e. The number of hydrogen-bond donors (Lipinski definition) is 3. The lowest BCUT2D eigenvalue weighted by Crippen LogP contribution is -2.51. The summed E-state index contributed by atoms with van der Waals surface area (Å²) in [6, 6.07) is 0. The second-order valence-electron chi connectivity index (χ2n) is 19.0. The summed E-state index contributed by atoms with van der Waals surface area (Å²) in [6.07, 6.45) is 13.1. The van der Waals surface area contributed by atoms with Crippen LogP contribution in [0.15, 0.2) is 27.4 Å². The van der Waals surface area contributed by atoms with Crippen molar-refractivity contribution in [2.75, 3.05) is 33.5 Å². The Balaban J connectivity index is 0.938. The Morgan fingerprint density at radius 3 is 2.67 bits per heavy atom. The molecule has 3 saturated carbocycles. The molecule has 5 fully saturated rings. The van der Waals surface area contributed by atoms with Crippen molar-refractivity contribution in [3.8, 4) is 11.8 Å². The molecule has 1 aromatic heterocycles. The first-order valence-corrected chi connectivity index (χ1v) is 23.3. The normalized spacial score (nSPS) is 38.2. The molecule has 6 aliphatic rings. The second kappa shape index (κ2) is 16.4. The van der Waals surface area contributed by atoms with Crippen molar-refractivity contribution in [1.29, 1.82) is 0 Å². The molecule has 3 heterocycles. The van der Waals surface area contributed by atoms with Gasteiger partial charge in [-0.1, -0.05) is 77.4 Å². The molecule has 0 aromatic carbocycles. The average molecular weight is 814 g/mol. The Morgan fingerprint density at radius 2 is 1.93 bits per heavy atom. The molecule has 4 aliphatic carbocycles. The molecule has 14 heteroatoms. The highest BCUT2D eigenvalue weighted by atomic mass is 31.2. The number of fused-ring (bicyclic) bond motifs is 7. The highest BCUT2D eigenvalue weighted by molar-refractivity contribution is 7.51. The molecule has 3 N–H and O–H groups in total. The molecule has 57 heavy (non-hydrogen) atoms. The Hall–Kier alpha value is -2.72. The molecule has 0 spiro atoms. The molecule has 3 unspecified atom stereocenters. The molecule has 0 radical (unpaired) electrons. The van der Waals surface area contributed by atoms with E-state index in [0.29, 0.717) is 11.3 Å². The van der Waals surface area contributed by atoms with Crippen molar-refractivity contribution < 1.29 is 37.7 Å². The quantitative estimate of drug-likeness (QED) is 0.120. The number of methoxy groups -OCH3 is 1. The van der Waals surface area contributed by atoms with Crippen LogP contribution >= 0.6 is 7.60 Å². The third-order valence-corrected chi connectivity index (χ3v) is 15.6. The fraction of sp³-hybridized carbons (Fsp3) is 0.791. The van der Waals surface area contributed by atoms with E-state index >= 15 is 0 Å². The molecular formula is C43H64N3O10P. The number of carbonyl (C=O) groups is 1. The molecule has 2 bridgehead atoms. The number of aromatic amines is 1. The summed E-state index contributed by atoms with van der Waals surface area (Å²) in [5, 5.41) is 2.70. The van der Waals surface area contributed by atoms with Crippen LogP contribution in [0, 0.1) is 58.2 Å². The van der Waals surface area contributed by atoms with Crippen molar-refractivity contribution in [3.05, 3.63) is 44.2 Å². The number of nitrogens with zero attached hydrogens (tertiary/aromatic N) is 1. The molecule has 1 aromatic rings. The molecule has 1 amide bonds. The first kappa shape index (κ1) is 42.4. The standard InChI is InChI=1S/C43H64N3O10P/c1-26(2)10-8-11-27(3)32-15-16-33-31-14-13-29-22-30(17-19-41(29,4)34(31)18-20-42(32,33)5)54-40(49)44-21-9-12-28-23-46(39(48)45-37(28)47)38-35-36(56-57(7,50)51)43(55-38,24-52-6)25-53-35/h13,23,26-27,30-36,38H,8,10-11,14-22,24-25H2,1-7H3,(H,44,49)(H,50,51)(H,45,47,48)/t27?,30-,31-,32+,33-,34-,35+,36?,38+,41-,42+,43+/m0/s1. The van der Waals surface area contributed by atoms with Gasteiger partial charge in [0, 0.05) is 26.4 Å². The number of rotatable bonds is 12. The van der Waals surface area contributed by atoms with Gasteiger partial charge in [-0.3, -0.25) is 23.4 Å². The van der Waals surface area contributed by atoms with Gasteiger partial charge in [-0.25, -0.2) is 9.59 Å². The number of hydrogen-bond acceptors (Lipinski definition) is 9. The lowest BCUT2D eigenvalue weighted by Gasteiger charge is -2.58. The van der Waals surface area contributed by atoms with Crippen LogP contribution in [0.5, 0.6) is 0 Å². The number of ether oxygens (including phenoxy) is 4. The van der Waals surface area contributed by atoms with E-state index in [4.69, 9.17) is 23.5 Å². The predicted molar refractivity (Wildman–Crippen MR) is 215 cm³/mol. The topological polar surface area (TPSA) is 167 Å². The number of H-pyrrole nitrogens is 1. The Labute approximate surface area is 336 Å².